The molecule has 0 amide bonds. The first-order chi connectivity index (χ1) is 10.2. The number of benzene rings is 2. The average Bonchev–Trinajstić information content (AvgIpc) is 2.52. The van der Waals surface area contributed by atoms with Crippen molar-refractivity contribution < 1.29 is 4.74 Å². The molecule has 0 atom stereocenters. The number of ether oxygens (including phenoxy) is 1. The van der Waals surface area contributed by atoms with Crippen molar-refractivity contribution in [2.24, 2.45) is 4.99 Å². The molecule has 1 heterocycles. The Bertz CT molecular complexity index is 668. The largest absolute Gasteiger partial charge is 0.456 e. The van der Waals surface area contributed by atoms with E-state index in [9.17, 15) is 0 Å². The highest BCUT2D eigenvalue weighted by Gasteiger charge is 2.08. The molecule has 0 bridgehead atoms. The average molecular weight is 321 g/mol. The van der Waals surface area contributed by atoms with Gasteiger partial charge in [0.2, 0.25) is 0 Å². The Kier molecular flexibility index (Phi) is 4.32. The summed E-state index contributed by atoms with van der Waals surface area (Å²) in [4.78, 5) is 4.47. The fourth-order valence-electron chi connectivity index (χ4n) is 2.09. The highest BCUT2D eigenvalue weighted by molar-refractivity contribution is 6.35. The van der Waals surface area contributed by atoms with E-state index in [4.69, 9.17) is 27.9 Å². The van der Waals surface area contributed by atoms with Gasteiger partial charge in [-0.2, -0.15) is 0 Å². The monoisotopic (exact) mass is 320 g/mol. The molecule has 1 N–H and O–H groups in total. The van der Waals surface area contributed by atoms with Crippen LogP contribution in [0.5, 0.6) is 11.5 Å². The highest BCUT2D eigenvalue weighted by Crippen LogP contribution is 2.31. The van der Waals surface area contributed by atoms with E-state index in [0.717, 1.165) is 36.7 Å². The smallest absolute Gasteiger partial charge is 0.146 e. The van der Waals surface area contributed by atoms with Crippen molar-refractivity contribution in [1.82, 2.24) is 5.32 Å². The van der Waals surface area contributed by atoms with E-state index >= 15 is 0 Å². The van der Waals surface area contributed by atoms with Crippen LogP contribution in [0.4, 0.5) is 0 Å². The Balaban J connectivity index is 1.76. The summed E-state index contributed by atoms with van der Waals surface area (Å²) < 4.78 is 5.76. The SMILES string of the molecule is Clc1ccc(Oc2ccc(C3=NCCCN3)cc2)c(Cl)c1. The molecule has 0 fully saturated rings. The number of nitrogens with zero attached hydrogens (tertiary/aromatic N) is 1. The first kappa shape index (κ1) is 14.2. The molecule has 2 aromatic rings. The summed E-state index contributed by atoms with van der Waals surface area (Å²) in [6, 6.07) is 12.9. The van der Waals surface area contributed by atoms with E-state index in [1.54, 1.807) is 18.2 Å². The number of hydrogen-bond acceptors (Lipinski definition) is 3. The molecular formula is C16H14Cl2N2O. The number of hydrogen-bond donors (Lipinski definition) is 1. The second kappa shape index (κ2) is 6.37. The van der Waals surface area contributed by atoms with Gasteiger partial charge >= 0.3 is 0 Å². The maximum atomic E-state index is 6.09. The normalized spacial score (nSPS) is 14.3. The van der Waals surface area contributed by atoms with Crippen molar-refractivity contribution >= 4 is 29.0 Å². The fraction of sp³-hybridized carbons (Fsp3) is 0.188. The molecule has 21 heavy (non-hydrogen) atoms. The van der Waals surface area contributed by atoms with Crippen LogP contribution in [0, 0.1) is 0 Å². The van der Waals surface area contributed by atoms with Crippen LogP contribution in [0.25, 0.3) is 0 Å². The van der Waals surface area contributed by atoms with Crippen molar-refractivity contribution in [3.63, 3.8) is 0 Å². The Morgan fingerprint density at radius 1 is 1.05 bits per heavy atom. The third-order valence-corrected chi connectivity index (χ3v) is 3.68. The van der Waals surface area contributed by atoms with Crippen LogP contribution in [0.3, 0.4) is 0 Å². The van der Waals surface area contributed by atoms with Crippen molar-refractivity contribution in [1.29, 1.82) is 0 Å². The number of amidine groups is 1. The molecule has 3 nitrogen and oxygen atoms in total. The van der Waals surface area contributed by atoms with Gasteiger partial charge in [0.25, 0.3) is 0 Å². The molecule has 0 spiro atoms. The highest BCUT2D eigenvalue weighted by atomic mass is 35.5. The molecule has 3 rings (SSSR count). The quantitative estimate of drug-likeness (QED) is 0.901. The van der Waals surface area contributed by atoms with Crippen LogP contribution in [-0.2, 0) is 0 Å². The van der Waals surface area contributed by atoms with Gasteiger partial charge in [-0.3, -0.25) is 4.99 Å². The Labute approximate surface area is 133 Å². The molecule has 1 aliphatic rings. The van der Waals surface area contributed by atoms with Gasteiger partial charge < -0.3 is 10.1 Å². The summed E-state index contributed by atoms with van der Waals surface area (Å²) in [6.45, 7) is 1.85. The predicted molar refractivity (Wildman–Crippen MR) is 87.0 cm³/mol. The Hall–Kier alpha value is -1.71. The van der Waals surface area contributed by atoms with E-state index in [1.807, 2.05) is 24.3 Å². The molecule has 0 saturated carbocycles. The topological polar surface area (TPSA) is 33.6 Å². The van der Waals surface area contributed by atoms with Crippen LogP contribution in [0.1, 0.15) is 12.0 Å². The first-order valence-electron chi connectivity index (χ1n) is 6.74. The third kappa shape index (κ3) is 3.49. The number of halogens is 2. The van der Waals surface area contributed by atoms with Gasteiger partial charge in [-0.25, -0.2) is 0 Å². The zero-order valence-electron chi connectivity index (χ0n) is 11.3. The Morgan fingerprint density at radius 3 is 2.52 bits per heavy atom. The van der Waals surface area contributed by atoms with Gasteiger partial charge in [-0.05, 0) is 48.9 Å². The minimum Gasteiger partial charge on any atom is -0.456 e. The lowest BCUT2D eigenvalue weighted by molar-refractivity contribution is 0.483. The van der Waals surface area contributed by atoms with Gasteiger partial charge in [0, 0.05) is 23.7 Å². The van der Waals surface area contributed by atoms with Crippen LogP contribution in [-0.4, -0.2) is 18.9 Å². The van der Waals surface area contributed by atoms with Crippen molar-refractivity contribution in [2.75, 3.05) is 13.1 Å². The van der Waals surface area contributed by atoms with Gasteiger partial charge in [0.05, 0.1) is 5.02 Å². The second-order valence-electron chi connectivity index (χ2n) is 4.71. The van der Waals surface area contributed by atoms with E-state index < -0.39 is 0 Å². The van der Waals surface area contributed by atoms with Crippen LogP contribution < -0.4 is 10.1 Å². The van der Waals surface area contributed by atoms with Crippen LogP contribution in [0.15, 0.2) is 47.5 Å². The summed E-state index contributed by atoms with van der Waals surface area (Å²) in [6.07, 6.45) is 1.08. The predicted octanol–water partition coefficient (Wildman–Crippen LogP) is 4.53. The molecule has 0 unspecified atom stereocenters. The fourth-order valence-corrected chi connectivity index (χ4v) is 2.54. The molecular weight excluding hydrogens is 307 g/mol. The van der Waals surface area contributed by atoms with Crippen molar-refractivity contribution in [3.05, 3.63) is 58.1 Å². The lowest BCUT2D eigenvalue weighted by Crippen LogP contribution is -2.30. The maximum absolute atomic E-state index is 6.09. The minimum atomic E-state index is 0.491. The summed E-state index contributed by atoms with van der Waals surface area (Å²) in [7, 11) is 0. The Morgan fingerprint density at radius 2 is 1.86 bits per heavy atom. The van der Waals surface area contributed by atoms with Gasteiger partial charge in [0.15, 0.2) is 0 Å². The number of rotatable bonds is 3. The molecule has 0 saturated heterocycles. The maximum Gasteiger partial charge on any atom is 0.146 e. The molecule has 1 aliphatic heterocycles. The third-order valence-electron chi connectivity index (χ3n) is 3.15. The van der Waals surface area contributed by atoms with E-state index in [0.29, 0.717) is 15.8 Å². The van der Waals surface area contributed by atoms with Gasteiger partial charge in [-0.1, -0.05) is 23.2 Å². The summed E-state index contributed by atoms with van der Waals surface area (Å²) in [5.41, 5.74) is 1.06. The van der Waals surface area contributed by atoms with E-state index in [-0.39, 0.29) is 0 Å². The first-order valence-corrected chi connectivity index (χ1v) is 7.49. The molecule has 0 aliphatic carbocycles. The van der Waals surface area contributed by atoms with Gasteiger partial charge in [0.1, 0.15) is 17.3 Å². The zero-order valence-corrected chi connectivity index (χ0v) is 12.8. The lowest BCUT2D eigenvalue weighted by Gasteiger charge is -2.15. The standard InChI is InChI=1S/C16H14Cl2N2O/c17-12-4-7-15(14(18)10-12)21-13-5-2-11(3-6-13)16-19-8-1-9-20-16/h2-7,10H,1,8-9H2,(H,19,20). The lowest BCUT2D eigenvalue weighted by atomic mass is 10.1. The van der Waals surface area contributed by atoms with Crippen LogP contribution in [0.2, 0.25) is 10.0 Å². The molecule has 2 aromatic carbocycles. The molecule has 5 heteroatoms. The second-order valence-corrected chi connectivity index (χ2v) is 5.56. The van der Waals surface area contributed by atoms with Crippen molar-refractivity contribution in [3.8, 4) is 11.5 Å². The van der Waals surface area contributed by atoms with E-state index in [1.165, 1.54) is 0 Å². The zero-order chi connectivity index (χ0) is 14.7. The summed E-state index contributed by atoms with van der Waals surface area (Å²) >= 11 is 12.0. The summed E-state index contributed by atoms with van der Waals surface area (Å²) in [5.74, 6) is 2.25. The summed E-state index contributed by atoms with van der Waals surface area (Å²) in [5, 5.41) is 4.37. The van der Waals surface area contributed by atoms with Crippen molar-refractivity contribution in [2.45, 2.75) is 6.42 Å². The minimum absolute atomic E-state index is 0.491. The molecule has 0 aromatic heterocycles. The number of aliphatic imine (C=N–C) groups is 1. The molecule has 108 valence electrons. The number of nitrogens with one attached hydrogen (secondary N) is 1. The molecule has 0 radical (unpaired) electrons. The van der Waals surface area contributed by atoms with Crippen LogP contribution >= 0.6 is 23.2 Å². The van der Waals surface area contributed by atoms with Gasteiger partial charge in [-0.15, -0.1) is 0 Å². The van der Waals surface area contributed by atoms with E-state index in [2.05, 4.69) is 10.3 Å².